The van der Waals surface area contributed by atoms with Crippen molar-refractivity contribution in [2.75, 3.05) is 10.3 Å². The van der Waals surface area contributed by atoms with Gasteiger partial charge in [0, 0.05) is 11.9 Å². The molecule has 0 spiro atoms. The van der Waals surface area contributed by atoms with Crippen LogP contribution in [-0.4, -0.2) is 39.0 Å². The van der Waals surface area contributed by atoms with E-state index in [4.69, 9.17) is 0 Å². The van der Waals surface area contributed by atoms with Crippen molar-refractivity contribution in [3.8, 4) is 0 Å². The molecule has 1 fully saturated rings. The highest BCUT2D eigenvalue weighted by Gasteiger charge is 2.54. The third-order valence-corrected chi connectivity index (χ3v) is 5.82. The molecule has 4 atom stereocenters. The Bertz CT molecular complexity index is 1140. The number of para-hydroxylation sites is 2. The molecule has 2 amide bonds. The molecule has 0 radical (unpaired) electrons. The van der Waals surface area contributed by atoms with Crippen molar-refractivity contribution < 1.29 is 14.7 Å². The van der Waals surface area contributed by atoms with Crippen LogP contribution >= 0.6 is 0 Å². The van der Waals surface area contributed by atoms with E-state index in [2.05, 4.69) is 10.4 Å². The third-order valence-electron chi connectivity index (χ3n) is 5.82. The van der Waals surface area contributed by atoms with E-state index in [1.165, 1.54) is 4.90 Å². The molecule has 160 valence electrons. The lowest BCUT2D eigenvalue weighted by atomic mass is 9.92. The first-order valence-electron chi connectivity index (χ1n) is 10.5. The molecule has 1 saturated heterocycles. The highest BCUT2D eigenvalue weighted by Crippen LogP contribution is 2.37. The van der Waals surface area contributed by atoms with E-state index in [1.54, 1.807) is 65.8 Å². The van der Waals surface area contributed by atoms with Gasteiger partial charge in [0.1, 0.15) is 12.1 Å². The first-order valence-corrected chi connectivity index (χ1v) is 10.5. The minimum Gasteiger partial charge on any atom is -0.385 e. The first kappa shape index (κ1) is 20.1. The smallest absolute Gasteiger partial charge is 0.254 e. The Morgan fingerprint density at radius 3 is 2.22 bits per heavy atom. The summed E-state index contributed by atoms with van der Waals surface area (Å²) < 4.78 is 0. The fraction of sp³-hybridized carbons (Fsp3) is 0.160. The fourth-order valence-electron chi connectivity index (χ4n) is 4.29. The van der Waals surface area contributed by atoms with E-state index in [-0.39, 0.29) is 11.8 Å². The number of carbonyl (C=O) groups excluding carboxylic acids is 2. The number of aliphatic hydroxyl groups excluding tert-OH is 1. The second kappa shape index (κ2) is 8.37. The molecule has 0 bridgehead atoms. The number of hydrogen-bond acceptors (Lipinski definition) is 6. The highest BCUT2D eigenvalue weighted by atomic mass is 16.3. The number of anilines is 2. The van der Waals surface area contributed by atoms with Crippen LogP contribution in [0.4, 0.5) is 11.4 Å². The summed E-state index contributed by atoms with van der Waals surface area (Å²) in [4.78, 5) is 32.3. The summed E-state index contributed by atoms with van der Waals surface area (Å²) in [5.41, 5.74) is 5.04. The molecule has 2 N–H and O–H groups in total. The predicted molar refractivity (Wildman–Crippen MR) is 120 cm³/mol. The van der Waals surface area contributed by atoms with E-state index in [9.17, 15) is 14.7 Å². The maximum atomic E-state index is 13.5. The van der Waals surface area contributed by atoms with E-state index in [0.717, 1.165) is 5.69 Å². The topological polar surface area (TPSA) is 85.8 Å². The second-order valence-corrected chi connectivity index (χ2v) is 7.78. The van der Waals surface area contributed by atoms with E-state index < -0.39 is 24.1 Å². The van der Waals surface area contributed by atoms with Crippen LogP contribution in [0.1, 0.15) is 11.8 Å². The summed E-state index contributed by atoms with van der Waals surface area (Å²) in [6, 6.07) is 22.2. The number of amides is 2. The number of hydrazine groups is 1. The third kappa shape index (κ3) is 3.47. The summed E-state index contributed by atoms with van der Waals surface area (Å²) in [5.74, 6) is -1.28. The number of pyridine rings is 1. The molecule has 5 rings (SSSR count). The van der Waals surface area contributed by atoms with Gasteiger partial charge in [0.25, 0.3) is 5.91 Å². The molecule has 0 aliphatic carbocycles. The maximum Gasteiger partial charge on any atom is 0.254 e. The SMILES string of the molecule is O=C1C2C=CC(C(O)c3ccccn3)N(Nc3ccccc3)C2C(=O)N1c1ccccc1. The Morgan fingerprint density at radius 2 is 1.53 bits per heavy atom. The molecule has 2 aliphatic heterocycles. The molecular formula is C25H22N4O3. The number of hydrogen-bond donors (Lipinski definition) is 2. The summed E-state index contributed by atoms with van der Waals surface area (Å²) >= 11 is 0. The lowest BCUT2D eigenvalue weighted by Crippen LogP contribution is -2.55. The Kier molecular flexibility index (Phi) is 5.26. The van der Waals surface area contributed by atoms with Gasteiger partial charge in [-0.15, -0.1) is 0 Å². The first-order chi connectivity index (χ1) is 15.6. The quantitative estimate of drug-likeness (QED) is 0.482. The average Bonchev–Trinajstić information content (AvgIpc) is 3.10. The molecule has 3 aromatic rings. The number of benzene rings is 2. The van der Waals surface area contributed by atoms with Crippen LogP contribution in [0.2, 0.25) is 0 Å². The molecule has 7 nitrogen and oxygen atoms in total. The van der Waals surface area contributed by atoms with Crippen LogP contribution in [0.3, 0.4) is 0 Å². The summed E-state index contributed by atoms with van der Waals surface area (Å²) in [5, 5.41) is 12.8. The zero-order chi connectivity index (χ0) is 22.1. The number of rotatable bonds is 5. The van der Waals surface area contributed by atoms with Crippen molar-refractivity contribution in [1.29, 1.82) is 0 Å². The van der Waals surface area contributed by atoms with Gasteiger partial charge in [-0.2, -0.15) is 0 Å². The standard InChI is InChI=1S/C25H22N4O3/c30-23(20-13-7-8-16-26-20)21-15-14-19-22(29(21)27-17-9-3-1-4-10-17)25(32)28(24(19)31)18-11-5-2-6-12-18/h1-16,19,21-23,27,30H. The number of fused-ring (bicyclic) bond motifs is 1. The monoisotopic (exact) mass is 426 g/mol. The lowest BCUT2D eigenvalue weighted by Gasteiger charge is -2.40. The molecule has 7 heteroatoms. The molecule has 3 heterocycles. The number of carbonyl (C=O) groups is 2. The van der Waals surface area contributed by atoms with Crippen molar-refractivity contribution in [2.24, 2.45) is 5.92 Å². The summed E-state index contributed by atoms with van der Waals surface area (Å²) in [6.07, 6.45) is 4.12. The minimum atomic E-state index is -1.00. The molecule has 2 aromatic carbocycles. The zero-order valence-corrected chi connectivity index (χ0v) is 17.2. The normalized spacial score (nSPS) is 23.8. The van der Waals surface area contributed by atoms with E-state index >= 15 is 0 Å². The van der Waals surface area contributed by atoms with Crippen LogP contribution in [0, 0.1) is 5.92 Å². The largest absolute Gasteiger partial charge is 0.385 e. The lowest BCUT2D eigenvalue weighted by molar-refractivity contribution is -0.123. The van der Waals surface area contributed by atoms with E-state index in [1.807, 2.05) is 36.4 Å². The number of nitrogens with zero attached hydrogens (tertiary/aromatic N) is 3. The Hall–Kier alpha value is -3.81. The van der Waals surface area contributed by atoms with Crippen LogP contribution in [0.5, 0.6) is 0 Å². The van der Waals surface area contributed by atoms with Gasteiger partial charge in [-0.25, -0.2) is 9.91 Å². The summed E-state index contributed by atoms with van der Waals surface area (Å²) in [7, 11) is 0. The molecule has 32 heavy (non-hydrogen) atoms. The van der Waals surface area contributed by atoms with Crippen molar-refractivity contribution in [1.82, 2.24) is 9.99 Å². The van der Waals surface area contributed by atoms with Crippen molar-refractivity contribution in [3.05, 3.63) is 103 Å². The number of aliphatic hydroxyl groups is 1. The Balaban J connectivity index is 1.54. The van der Waals surface area contributed by atoms with Gasteiger partial charge in [0.2, 0.25) is 5.91 Å². The number of nitrogens with one attached hydrogen (secondary N) is 1. The average molecular weight is 426 g/mol. The van der Waals surface area contributed by atoms with Gasteiger partial charge in [-0.3, -0.25) is 14.6 Å². The molecular weight excluding hydrogens is 404 g/mol. The molecule has 4 unspecified atom stereocenters. The highest BCUT2D eigenvalue weighted by molar-refractivity contribution is 6.24. The van der Waals surface area contributed by atoms with Crippen LogP contribution < -0.4 is 10.3 Å². The minimum absolute atomic E-state index is 0.284. The number of imide groups is 1. The van der Waals surface area contributed by atoms with Gasteiger partial charge < -0.3 is 10.5 Å². The zero-order valence-electron chi connectivity index (χ0n) is 17.2. The van der Waals surface area contributed by atoms with Crippen LogP contribution in [0.25, 0.3) is 0 Å². The number of aromatic nitrogens is 1. The molecule has 1 aromatic heterocycles. The fourth-order valence-corrected chi connectivity index (χ4v) is 4.29. The molecule has 2 aliphatic rings. The van der Waals surface area contributed by atoms with Gasteiger partial charge in [0.15, 0.2) is 0 Å². The Labute approximate surface area is 185 Å². The predicted octanol–water partition coefficient (Wildman–Crippen LogP) is 2.94. The Morgan fingerprint density at radius 1 is 0.844 bits per heavy atom. The summed E-state index contributed by atoms with van der Waals surface area (Å²) in [6.45, 7) is 0. The van der Waals surface area contributed by atoms with Crippen molar-refractivity contribution in [3.63, 3.8) is 0 Å². The van der Waals surface area contributed by atoms with Gasteiger partial charge in [-0.1, -0.05) is 54.6 Å². The van der Waals surface area contributed by atoms with E-state index in [0.29, 0.717) is 11.4 Å². The van der Waals surface area contributed by atoms with Gasteiger partial charge in [0.05, 0.1) is 23.3 Å². The van der Waals surface area contributed by atoms with Gasteiger partial charge >= 0.3 is 0 Å². The maximum absolute atomic E-state index is 13.5. The van der Waals surface area contributed by atoms with Crippen LogP contribution in [0.15, 0.2) is 97.2 Å². The van der Waals surface area contributed by atoms with Crippen molar-refractivity contribution >= 4 is 23.2 Å². The molecule has 0 saturated carbocycles. The van der Waals surface area contributed by atoms with Crippen LogP contribution in [-0.2, 0) is 9.59 Å². The second-order valence-electron chi connectivity index (χ2n) is 7.78. The van der Waals surface area contributed by atoms with Gasteiger partial charge in [-0.05, 0) is 36.4 Å². The van der Waals surface area contributed by atoms with Crippen molar-refractivity contribution in [2.45, 2.75) is 18.2 Å².